The van der Waals surface area contributed by atoms with Gasteiger partial charge in [-0.3, -0.25) is 4.90 Å². The third-order valence-electron chi connectivity index (χ3n) is 6.42. The summed E-state index contributed by atoms with van der Waals surface area (Å²) in [4.78, 5) is 2.53. The van der Waals surface area contributed by atoms with Gasteiger partial charge in [0.15, 0.2) is 0 Å². The Hall–Kier alpha value is -3.04. The van der Waals surface area contributed by atoms with Crippen molar-refractivity contribution in [3.05, 3.63) is 95.6 Å². The van der Waals surface area contributed by atoms with Crippen LogP contribution < -0.4 is 9.47 Å². The molecule has 1 atom stereocenters. The van der Waals surface area contributed by atoms with Crippen molar-refractivity contribution < 1.29 is 9.47 Å². The van der Waals surface area contributed by atoms with Gasteiger partial charge >= 0.3 is 0 Å². The first-order chi connectivity index (χ1) is 15.9. The Morgan fingerprint density at radius 3 is 2.28 bits per heavy atom. The van der Waals surface area contributed by atoms with E-state index in [-0.39, 0.29) is 6.10 Å². The van der Waals surface area contributed by atoms with Crippen LogP contribution in [0.4, 0.5) is 0 Å². The van der Waals surface area contributed by atoms with Crippen LogP contribution in [0.15, 0.2) is 78.9 Å². The molecule has 0 amide bonds. The summed E-state index contributed by atoms with van der Waals surface area (Å²) in [5, 5.41) is 0. The average Bonchev–Trinajstić information content (AvgIpc) is 3.13. The molecule has 0 aromatic heterocycles. The van der Waals surface area contributed by atoms with Crippen molar-refractivity contribution in [2.45, 2.75) is 31.8 Å². The number of likely N-dealkylation sites (tertiary alicyclic amines) is 1. The van der Waals surface area contributed by atoms with Crippen molar-refractivity contribution in [1.82, 2.24) is 4.90 Å². The van der Waals surface area contributed by atoms with E-state index in [0.29, 0.717) is 0 Å². The topological polar surface area (TPSA) is 21.7 Å². The van der Waals surface area contributed by atoms with E-state index in [1.807, 2.05) is 12.1 Å². The predicted octanol–water partition coefficient (Wildman–Crippen LogP) is 6.62. The lowest BCUT2D eigenvalue weighted by Gasteiger charge is -2.28. The van der Waals surface area contributed by atoms with E-state index >= 15 is 0 Å². The molecule has 1 saturated heterocycles. The molecule has 3 heteroatoms. The van der Waals surface area contributed by atoms with Gasteiger partial charge < -0.3 is 9.47 Å². The largest absolute Gasteiger partial charge is 0.492 e. The predicted molar refractivity (Wildman–Crippen MR) is 131 cm³/mol. The lowest BCUT2D eigenvalue weighted by molar-refractivity contribution is 0.214. The number of nitrogens with zero attached hydrogens (tertiary/aromatic N) is 1. The molecule has 1 fully saturated rings. The third-order valence-corrected chi connectivity index (χ3v) is 6.42. The van der Waals surface area contributed by atoms with Crippen LogP contribution in [0, 0.1) is 0 Å². The van der Waals surface area contributed by atoms with Gasteiger partial charge in [0.1, 0.15) is 24.2 Å². The van der Waals surface area contributed by atoms with Gasteiger partial charge in [-0.05, 0) is 61.3 Å². The van der Waals surface area contributed by atoms with Gasteiger partial charge in [-0.25, -0.2) is 0 Å². The second-order valence-electron chi connectivity index (χ2n) is 8.67. The maximum atomic E-state index is 6.48. The molecule has 3 aromatic rings. The fraction of sp³-hybridized carbons (Fsp3) is 0.310. The van der Waals surface area contributed by atoms with Crippen LogP contribution in [0.5, 0.6) is 11.5 Å². The Labute approximate surface area is 191 Å². The van der Waals surface area contributed by atoms with E-state index < -0.39 is 0 Å². The molecule has 3 nitrogen and oxygen atoms in total. The monoisotopic (exact) mass is 425 g/mol. The molecule has 2 aliphatic heterocycles. The number of hydrogen-bond donors (Lipinski definition) is 0. The smallest absolute Gasteiger partial charge is 0.149 e. The number of benzene rings is 3. The normalized spacial score (nSPS) is 18.8. The maximum Gasteiger partial charge on any atom is 0.149 e. The molecule has 0 aliphatic carbocycles. The number of fused-ring (bicyclic) bond motifs is 1. The number of rotatable bonds is 6. The van der Waals surface area contributed by atoms with Crippen LogP contribution in [-0.4, -0.2) is 31.1 Å². The number of hydrogen-bond acceptors (Lipinski definition) is 3. The summed E-state index contributed by atoms with van der Waals surface area (Å²) in [6.07, 6.45) is 7.48. The van der Waals surface area contributed by atoms with Crippen LogP contribution in [0.3, 0.4) is 0 Å². The van der Waals surface area contributed by atoms with E-state index in [4.69, 9.17) is 9.47 Å². The molecule has 0 N–H and O–H groups in total. The number of ether oxygens (including phenoxy) is 2. The van der Waals surface area contributed by atoms with E-state index in [1.54, 1.807) is 0 Å². The van der Waals surface area contributed by atoms with Crippen molar-refractivity contribution in [3.63, 3.8) is 0 Å². The van der Waals surface area contributed by atoms with Crippen molar-refractivity contribution >= 4 is 11.6 Å². The summed E-state index contributed by atoms with van der Waals surface area (Å²) in [6.45, 7) is 4.15. The van der Waals surface area contributed by atoms with Gasteiger partial charge in [0.05, 0.1) is 0 Å². The second-order valence-corrected chi connectivity index (χ2v) is 8.67. The number of para-hydroxylation sites is 1. The van der Waals surface area contributed by atoms with Crippen molar-refractivity contribution in [2.75, 3.05) is 26.2 Å². The van der Waals surface area contributed by atoms with E-state index in [2.05, 4.69) is 77.7 Å². The highest BCUT2D eigenvalue weighted by Gasteiger charge is 2.25. The Morgan fingerprint density at radius 1 is 0.781 bits per heavy atom. The Balaban J connectivity index is 1.30. The van der Waals surface area contributed by atoms with Gasteiger partial charge in [0, 0.05) is 17.7 Å². The van der Waals surface area contributed by atoms with Gasteiger partial charge in [-0.15, -0.1) is 0 Å². The zero-order valence-electron chi connectivity index (χ0n) is 18.6. The minimum absolute atomic E-state index is 0.140. The molecule has 3 aromatic carbocycles. The Morgan fingerprint density at radius 2 is 1.50 bits per heavy atom. The molecule has 5 rings (SSSR count). The molecule has 32 heavy (non-hydrogen) atoms. The quantitative estimate of drug-likeness (QED) is 0.443. The summed E-state index contributed by atoms with van der Waals surface area (Å²) >= 11 is 0. The summed E-state index contributed by atoms with van der Waals surface area (Å²) in [5.74, 6) is 1.85. The van der Waals surface area contributed by atoms with Gasteiger partial charge in [0.2, 0.25) is 0 Å². The van der Waals surface area contributed by atoms with Crippen LogP contribution in [-0.2, 0) is 0 Å². The van der Waals surface area contributed by atoms with E-state index in [1.165, 1.54) is 49.9 Å². The maximum absolute atomic E-state index is 6.48. The Bertz CT molecular complexity index is 1030. The molecule has 0 saturated carbocycles. The summed E-state index contributed by atoms with van der Waals surface area (Å²) in [6, 6.07) is 27.2. The van der Waals surface area contributed by atoms with Crippen molar-refractivity contribution in [3.8, 4) is 11.5 Å². The zero-order valence-corrected chi connectivity index (χ0v) is 18.6. The van der Waals surface area contributed by atoms with E-state index in [9.17, 15) is 0 Å². The minimum atomic E-state index is -0.140. The highest BCUT2D eigenvalue weighted by Crippen LogP contribution is 2.42. The molecule has 1 unspecified atom stereocenters. The van der Waals surface area contributed by atoms with Crippen LogP contribution in [0.2, 0.25) is 0 Å². The first-order valence-corrected chi connectivity index (χ1v) is 11.8. The molecule has 0 bridgehead atoms. The first kappa shape index (κ1) is 20.8. The lowest BCUT2D eigenvalue weighted by Crippen LogP contribution is -2.29. The van der Waals surface area contributed by atoms with Crippen LogP contribution in [0.25, 0.3) is 11.6 Å². The molecule has 164 valence electrons. The summed E-state index contributed by atoms with van der Waals surface area (Å²) < 4.78 is 12.5. The Kier molecular flexibility index (Phi) is 6.55. The fourth-order valence-electron chi connectivity index (χ4n) is 4.64. The van der Waals surface area contributed by atoms with Crippen molar-refractivity contribution in [2.24, 2.45) is 0 Å². The molecule has 0 spiro atoms. The summed E-state index contributed by atoms with van der Waals surface area (Å²) in [7, 11) is 0. The van der Waals surface area contributed by atoms with Crippen LogP contribution >= 0.6 is 0 Å². The average molecular weight is 426 g/mol. The van der Waals surface area contributed by atoms with Gasteiger partial charge in [-0.1, -0.05) is 73.5 Å². The highest BCUT2D eigenvalue weighted by atomic mass is 16.5. The summed E-state index contributed by atoms with van der Waals surface area (Å²) in [5.41, 5.74) is 4.62. The fourth-order valence-corrected chi connectivity index (χ4v) is 4.64. The highest BCUT2D eigenvalue weighted by molar-refractivity contribution is 5.87. The van der Waals surface area contributed by atoms with Crippen molar-refractivity contribution in [1.29, 1.82) is 0 Å². The molecular formula is C29H31NO2. The van der Waals surface area contributed by atoms with Gasteiger partial charge in [0.25, 0.3) is 0 Å². The first-order valence-electron chi connectivity index (χ1n) is 11.8. The van der Waals surface area contributed by atoms with Gasteiger partial charge in [-0.2, -0.15) is 0 Å². The van der Waals surface area contributed by atoms with E-state index in [0.717, 1.165) is 35.8 Å². The van der Waals surface area contributed by atoms with Crippen LogP contribution in [0.1, 0.15) is 48.5 Å². The minimum Gasteiger partial charge on any atom is -0.492 e. The SMILES string of the molecule is C1=C(c2ccccc2)C(c2ccc(OCCN3CCCCCC3)cc2)Oc2ccccc21. The standard InChI is InChI=1S/C29H31NO2/c1-2-9-19-30(18-8-1)20-21-31-26-16-14-24(15-17-26)29-27(23-10-4-3-5-11-23)22-25-12-6-7-13-28(25)32-29/h3-7,10-17,22,29H,1-2,8-9,18-21H2. The third kappa shape index (κ3) is 4.89. The lowest BCUT2D eigenvalue weighted by atomic mass is 9.91. The molecule has 0 radical (unpaired) electrons. The second kappa shape index (κ2) is 10.1. The zero-order chi connectivity index (χ0) is 21.6. The molecule has 2 heterocycles. The molecule has 2 aliphatic rings. The molecular weight excluding hydrogens is 394 g/mol.